The van der Waals surface area contributed by atoms with E-state index in [1.165, 1.54) is 5.56 Å². The molecule has 0 fully saturated rings. The molecule has 0 aliphatic heterocycles. The summed E-state index contributed by atoms with van der Waals surface area (Å²) >= 11 is 3.41. The van der Waals surface area contributed by atoms with Crippen molar-refractivity contribution in [2.75, 3.05) is 6.54 Å². The fourth-order valence-corrected chi connectivity index (χ4v) is 1.60. The second kappa shape index (κ2) is 6.53. The Labute approximate surface area is 105 Å². The van der Waals surface area contributed by atoms with Crippen molar-refractivity contribution in [3.63, 3.8) is 0 Å². The van der Waals surface area contributed by atoms with Gasteiger partial charge in [0.1, 0.15) is 0 Å². The van der Waals surface area contributed by atoms with Crippen LogP contribution in [0.2, 0.25) is 0 Å². The molecule has 1 aromatic rings. The van der Waals surface area contributed by atoms with Gasteiger partial charge in [0.25, 0.3) is 0 Å². The van der Waals surface area contributed by atoms with Crippen LogP contribution >= 0.6 is 15.9 Å². The van der Waals surface area contributed by atoms with E-state index in [0.717, 1.165) is 17.4 Å². The summed E-state index contributed by atoms with van der Waals surface area (Å²) in [5.41, 5.74) is 6.95. The Balaban J connectivity index is 2.58. The second-order valence-corrected chi connectivity index (χ2v) is 4.60. The van der Waals surface area contributed by atoms with E-state index in [-0.39, 0.29) is 6.04 Å². The molecule has 1 rings (SSSR count). The summed E-state index contributed by atoms with van der Waals surface area (Å²) in [7, 11) is 0. The van der Waals surface area contributed by atoms with Gasteiger partial charge in [0.05, 0.1) is 6.04 Å². The monoisotopic (exact) mass is 283 g/mol. The Morgan fingerprint density at radius 2 is 2.06 bits per heavy atom. The minimum Gasteiger partial charge on any atom is -0.370 e. The lowest BCUT2D eigenvalue weighted by atomic mass is 10.1. The molecule has 0 amide bonds. The highest BCUT2D eigenvalue weighted by molar-refractivity contribution is 9.10. The lowest BCUT2D eigenvalue weighted by molar-refractivity contribution is 0.706. The number of nitrogens with zero attached hydrogens (tertiary/aromatic N) is 1. The van der Waals surface area contributed by atoms with E-state index >= 15 is 0 Å². The summed E-state index contributed by atoms with van der Waals surface area (Å²) in [5.74, 6) is 0.511. The predicted molar refractivity (Wildman–Crippen MR) is 72.5 cm³/mol. The molecule has 1 aromatic carbocycles. The molecule has 88 valence electrons. The van der Waals surface area contributed by atoms with Crippen LogP contribution in [0, 0.1) is 0 Å². The van der Waals surface area contributed by atoms with Crippen molar-refractivity contribution < 1.29 is 0 Å². The van der Waals surface area contributed by atoms with Crippen molar-refractivity contribution in [2.45, 2.75) is 26.3 Å². The molecule has 0 aliphatic rings. The number of halogens is 1. The van der Waals surface area contributed by atoms with E-state index in [1.54, 1.807) is 0 Å². The van der Waals surface area contributed by atoms with Gasteiger partial charge in [0.2, 0.25) is 0 Å². The first-order chi connectivity index (χ1) is 7.63. The first-order valence-corrected chi connectivity index (χ1v) is 6.24. The highest BCUT2D eigenvalue weighted by atomic mass is 79.9. The molecule has 0 saturated carbocycles. The predicted octanol–water partition coefficient (Wildman–Crippen LogP) is 2.82. The lowest BCUT2D eigenvalue weighted by Crippen LogP contribution is -2.33. The quantitative estimate of drug-likeness (QED) is 0.660. The molecule has 1 atom stereocenters. The van der Waals surface area contributed by atoms with E-state index in [2.05, 4.69) is 52.2 Å². The number of nitrogens with one attached hydrogen (secondary N) is 1. The standard InChI is InChI=1S/C12H18BrN3/c1-3-8-15-12(14)16-9(2)10-4-6-11(13)7-5-10/h4-7,9H,3,8H2,1-2H3,(H3,14,15,16). The van der Waals surface area contributed by atoms with Crippen LogP contribution in [-0.2, 0) is 0 Å². The number of benzene rings is 1. The minimum atomic E-state index is 0.175. The summed E-state index contributed by atoms with van der Waals surface area (Å²) in [6.45, 7) is 4.92. The Morgan fingerprint density at radius 3 is 2.62 bits per heavy atom. The zero-order chi connectivity index (χ0) is 12.0. The lowest BCUT2D eigenvalue weighted by Gasteiger charge is -2.14. The van der Waals surface area contributed by atoms with Gasteiger partial charge in [-0.15, -0.1) is 0 Å². The Morgan fingerprint density at radius 1 is 1.44 bits per heavy atom. The van der Waals surface area contributed by atoms with Gasteiger partial charge in [0.15, 0.2) is 5.96 Å². The third-order valence-corrected chi connectivity index (χ3v) is 2.77. The zero-order valence-electron chi connectivity index (χ0n) is 9.70. The molecule has 4 heteroatoms. The largest absolute Gasteiger partial charge is 0.370 e. The molecular formula is C12H18BrN3. The van der Waals surface area contributed by atoms with Gasteiger partial charge in [-0.3, -0.25) is 4.99 Å². The highest BCUT2D eigenvalue weighted by Gasteiger charge is 2.05. The van der Waals surface area contributed by atoms with Crippen LogP contribution in [0.5, 0.6) is 0 Å². The minimum absolute atomic E-state index is 0.175. The summed E-state index contributed by atoms with van der Waals surface area (Å²) in [6, 6.07) is 8.34. The number of rotatable bonds is 4. The third-order valence-electron chi connectivity index (χ3n) is 2.24. The molecule has 3 N–H and O–H groups in total. The number of aliphatic imine (C=N–C) groups is 1. The maximum absolute atomic E-state index is 5.76. The first-order valence-electron chi connectivity index (χ1n) is 5.45. The SMILES string of the molecule is CCCN=C(N)NC(C)c1ccc(Br)cc1. The average molecular weight is 284 g/mol. The summed E-state index contributed by atoms with van der Waals surface area (Å²) < 4.78 is 1.08. The molecule has 0 aromatic heterocycles. The van der Waals surface area contributed by atoms with Gasteiger partial charge in [-0.2, -0.15) is 0 Å². The van der Waals surface area contributed by atoms with Gasteiger partial charge >= 0.3 is 0 Å². The Bertz CT molecular complexity index is 346. The van der Waals surface area contributed by atoms with Crippen molar-refractivity contribution in [2.24, 2.45) is 10.7 Å². The maximum Gasteiger partial charge on any atom is 0.189 e. The summed E-state index contributed by atoms with van der Waals surface area (Å²) in [5, 5.41) is 3.16. The fraction of sp³-hybridized carbons (Fsp3) is 0.417. The molecular weight excluding hydrogens is 266 g/mol. The number of guanidine groups is 1. The van der Waals surface area contributed by atoms with Crippen LogP contribution in [0.15, 0.2) is 33.7 Å². The van der Waals surface area contributed by atoms with Gasteiger partial charge in [0, 0.05) is 11.0 Å². The summed E-state index contributed by atoms with van der Waals surface area (Å²) in [4.78, 5) is 4.20. The smallest absolute Gasteiger partial charge is 0.189 e. The van der Waals surface area contributed by atoms with E-state index in [4.69, 9.17) is 5.73 Å². The van der Waals surface area contributed by atoms with E-state index in [9.17, 15) is 0 Å². The Kier molecular flexibility index (Phi) is 5.32. The molecule has 0 heterocycles. The highest BCUT2D eigenvalue weighted by Crippen LogP contribution is 2.16. The topological polar surface area (TPSA) is 50.4 Å². The molecule has 1 unspecified atom stereocenters. The number of nitrogens with two attached hydrogens (primary N) is 1. The number of hydrogen-bond donors (Lipinski definition) is 2. The van der Waals surface area contributed by atoms with Gasteiger partial charge in [-0.05, 0) is 31.0 Å². The molecule has 3 nitrogen and oxygen atoms in total. The van der Waals surface area contributed by atoms with Crippen LogP contribution in [0.3, 0.4) is 0 Å². The van der Waals surface area contributed by atoms with Crippen molar-refractivity contribution in [3.05, 3.63) is 34.3 Å². The van der Waals surface area contributed by atoms with Crippen molar-refractivity contribution in [1.29, 1.82) is 0 Å². The first kappa shape index (κ1) is 13.0. The third kappa shape index (κ3) is 4.23. The van der Waals surface area contributed by atoms with Crippen LogP contribution in [0.25, 0.3) is 0 Å². The van der Waals surface area contributed by atoms with E-state index < -0.39 is 0 Å². The van der Waals surface area contributed by atoms with Gasteiger partial charge < -0.3 is 11.1 Å². The van der Waals surface area contributed by atoms with Gasteiger partial charge in [-0.1, -0.05) is 35.0 Å². The van der Waals surface area contributed by atoms with Gasteiger partial charge in [-0.25, -0.2) is 0 Å². The van der Waals surface area contributed by atoms with E-state index in [1.807, 2.05) is 12.1 Å². The molecule has 0 spiro atoms. The molecule has 0 radical (unpaired) electrons. The van der Waals surface area contributed by atoms with Crippen LogP contribution in [0.4, 0.5) is 0 Å². The molecule has 0 bridgehead atoms. The molecule has 0 saturated heterocycles. The zero-order valence-corrected chi connectivity index (χ0v) is 11.3. The van der Waals surface area contributed by atoms with Crippen LogP contribution < -0.4 is 11.1 Å². The number of hydrogen-bond acceptors (Lipinski definition) is 1. The maximum atomic E-state index is 5.76. The second-order valence-electron chi connectivity index (χ2n) is 3.68. The molecule has 0 aliphatic carbocycles. The fourth-order valence-electron chi connectivity index (χ4n) is 1.33. The Hall–Kier alpha value is -1.03. The normalized spacial score (nSPS) is 13.6. The van der Waals surface area contributed by atoms with E-state index in [0.29, 0.717) is 5.96 Å². The van der Waals surface area contributed by atoms with Crippen molar-refractivity contribution in [3.8, 4) is 0 Å². The van der Waals surface area contributed by atoms with Crippen LogP contribution in [0.1, 0.15) is 31.9 Å². The van der Waals surface area contributed by atoms with Crippen molar-refractivity contribution in [1.82, 2.24) is 5.32 Å². The van der Waals surface area contributed by atoms with Crippen LogP contribution in [-0.4, -0.2) is 12.5 Å². The summed E-state index contributed by atoms with van der Waals surface area (Å²) in [6.07, 6.45) is 1.01. The van der Waals surface area contributed by atoms with Crippen molar-refractivity contribution >= 4 is 21.9 Å². The average Bonchev–Trinajstić information content (AvgIpc) is 2.27. The molecule has 16 heavy (non-hydrogen) atoms.